The van der Waals surface area contributed by atoms with Crippen molar-refractivity contribution < 1.29 is 17.9 Å². The number of benzene rings is 1. The molecule has 1 aliphatic rings. The molecule has 21 heavy (non-hydrogen) atoms. The van der Waals surface area contributed by atoms with Crippen molar-refractivity contribution in [3.05, 3.63) is 45.4 Å². The van der Waals surface area contributed by atoms with Gasteiger partial charge in [-0.2, -0.15) is 13.2 Å². The Morgan fingerprint density at radius 1 is 1.33 bits per heavy atom. The van der Waals surface area contributed by atoms with Crippen LogP contribution < -0.4 is 10.5 Å². The van der Waals surface area contributed by atoms with Gasteiger partial charge in [-0.15, -0.1) is 11.3 Å². The second-order valence-corrected chi connectivity index (χ2v) is 5.96. The van der Waals surface area contributed by atoms with Crippen LogP contribution in [-0.4, -0.2) is 11.6 Å². The van der Waals surface area contributed by atoms with Crippen LogP contribution in [0.2, 0.25) is 0 Å². The van der Waals surface area contributed by atoms with Crippen LogP contribution in [0.5, 0.6) is 5.75 Å². The van der Waals surface area contributed by atoms with E-state index in [1.165, 1.54) is 0 Å². The maximum absolute atomic E-state index is 12.9. The number of aromatic nitrogens is 1. The normalized spacial score (nSPS) is 18.2. The Labute approximate surface area is 123 Å². The summed E-state index contributed by atoms with van der Waals surface area (Å²) in [5.41, 5.74) is 5.54. The first-order chi connectivity index (χ1) is 9.99. The molecule has 1 unspecified atom stereocenters. The minimum Gasteiger partial charge on any atom is -0.493 e. The van der Waals surface area contributed by atoms with Gasteiger partial charge in [-0.3, -0.25) is 0 Å². The molecule has 1 aromatic carbocycles. The zero-order valence-corrected chi connectivity index (χ0v) is 11.8. The lowest BCUT2D eigenvalue weighted by atomic mass is 9.97. The topological polar surface area (TPSA) is 48.1 Å². The SMILES string of the molecule is NCc1sc(C2COc3ccccc3C2)nc1C(F)(F)F. The lowest BCUT2D eigenvalue weighted by Gasteiger charge is -2.23. The molecular formula is C14H13F3N2OS. The van der Waals surface area contributed by atoms with Gasteiger partial charge < -0.3 is 10.5 Å². The number of para-hydroxylation sites is 1. The number of nitrogens with two attached hydrogens (primary N) is 1. The maximum Gasteiger partial charge on any atom is 0.434 e. The Morgan fingerprint density at radius 3 is 2.76 bits per heavy atom. The van der Waals surface area contributed by atoms with Crippen molar-refractivity contribution in [1.29, 1.82) is 0 Å². The minimum atomic E-state index is -4.46. The van der Waals surface area contributed by atoms with E-state index in [2.05, 4.69) is 4.98 Å². The summed E-state index contributed by atoms with van der Waals surface area (Å²) >= 11 is 1.03. The summed E-state index contributed by atoms with van der Waals surface area (Å²) in [7, 11) is 0. The highest BCUT2D eigenvalue weighted by Crippen LogP contribution is 2.39. The number of nitrogens with zero attached hydrogens (tertiary/aromatic N) is 1. The number of thiazole rings is 1. The molecule has 2 aromatic rings. The van der Waals surface area contributed by atoms with Gasteiger partial charge in [-0.05, 0) is 18.1 Å². The third-order valence-corrected chi connectivity index (χ3v) is 4.64. The molecule has 0 aliphatic carbocycles. The van der Waals surface area contributed by atoms with E-state index < -0.39 is 11.9 Å². The molecule has 0 spiro atoms. The number of alkyl halides is 3. The Morgan fingerprint density at radius 2 is 2.10 bits per heavy atom. The van der Waals surface area contributed by atoms with Crippen LogP contribution in [0.4, 0.5) is 13.2 Å². The lowest BCUT2D eigenvalue weighted by Crippen LogP contribution is -2.19. The van der Waals surface area contributed by atoms with E-state index in [9.17, 15) is 13.2 Å². The molecule has 1 atom stereocenters. The molecule has 1 aromatic heterocycles. The maximum atomic E-state index is 12.9. The average Bonchev–Trinajstić information content (AvgIpc) is 2.91. The zero-order valence-electron chi connectivity index (χ0n) is 11.0. The summed E-state index contributed by atoms with van der Waals surface area (Å²) in [4.78, 5) is 3.86. The lowest BCUT2D eigenvalue weighted by molar-refractivity contribution is -0.141. The first-order valence-corrected chi connectivity index (χ1v) is 7.28. The van der Waals surface area contributed by atoms with E-state index in [0.717, 1.165) is 22.6 Å². The molecule has 0 fully saturated rings. The quantitative estimate of drug-likeness (QED) is 0.925. The third-order valence-electron chi connectivity index (χ3n) is 3.40. The summed E-state index contributed by atoms with van der Waals surface area (Å²) in [6, 6.07) is 7.54. The fraction of sp³-hybridized carbons (Fsp3) is 0.357. The fourth-order valence-corrected chi connectivity index (χ4v) is 3.44. The van der Waals surface area contributed by atoms with Gasteiger partial charge in [0.05, 0.1) is 11.5 Å². The van der Waals surface area contributed by atoms with Gasteiger partial charge >= 0.3 is 6.18 Å². The standard InChI is InChI=1S/C14H13F3N2OS/c15-14(16,17)12-11(6-18)21-13(19-12)9-5-8-3-1-2-4-10(8)20-7-9/h1-4,9H,5-7,18H2. The molecule has 1 aliphatic heterocycles. The van der Waals surface area contributed by atoms with Crippen LogP contribution in [-0.2, 0) is 19.1 Å². The van der Waals surface area contributed by atoms with Gasteiger partial charge in [0.2, 0.25) is 0 Å². The molecule has 0 bridgehead atoms. The van der Waals surface area contributed by atoms with Crippen molar-refractivity contribution in [3.8, 4) is 5.75 Å². The van der Waals surface area contributed by atoms with Crippen LogP contribution >= 0.6 is 11.3 Å². The molecule has 0 saturated heterocycles. The molecule has 0 amide bonds. The van der Waals surface area contributed by atoms with Crippen molar-refractivity contribution >= 4 is 11.3 Å². The molecule has 2 heterocycles. The smallest absolute Gasteiger partial charge is 0.434 e. The molecule has 112 valence electrons. The van der Waals surface area contributed by atoms with Crippen LogP contribution in [0.3, 0.4) is 0 Å². The number of rotatable bonds is 2. The van der Waals surface area contributed by atoms with Crippen molar-refractivity contribution in [3.63, 3.8) is 0 Å². The van der Waals surface area contributed by atoms with E-state index >= 15 is 0 Å². The largest absolute Gasteiger partial charge is 0.493 e. The van der Waals surface area contributed by atoms with E-state index in [4.69, 9.17) is 10.5 Å². The zero-order chi connectivity index (χ0) is 15.0. The van der Waals surface area contributed by atoms with Gasteiger partial charge in [0.1, 0.15) is 10.8 Å². The number of hydrogen-bond donors (Lipinski definition) is 1. The molecule has 3 nitrogen and oxygen atoms in total. The minimum absolute atomic E-state index is 0.0800. The van der Waals surface area contributed by atoms with E-state index in [-0.39, 0.29) is 17.3 Å². The number of halogens is 3. The van der Waals surface area contributed by atoms with Crippen LogP contribution in [0.15, 0.2) is 24.3 Å². The highest BCUT2D eigenvalue weighted by Gasteiger charge is 2.38. The van der Waals surface area contributed by atoms with Crippen LogP contribution in [0, 0.1) is 0 Å². The van der Waals surface area contributed by atoms with E-state index in [1.807, 2.05) is 24.3 Å². The highest BCUT2D eigenvalue weighted by molar-refractivity contribution is 7.11. The summed E-state index contributed by atoms with van der Waals surface area (Å²) in [6.07, 6.45) is -3.83. The predicted molar refractivity (Wildman–Crippen MR) is 73.4 cm³/mol. The molecule has 3 rings (SSSR count). The summed E-state index contributed by atoms with van der Waals surface area (Å²) < 4.78 is 44.3. The first kappa shape index (κ1) is 14.3. The van der Waals surface area contributed by atoms with Gasteiger partial charge in [0, 0.05) is 12.5 Å². The number of fused-ring (bicyclic) bond motifs is 1. The van der Waals surface area contributed by atoms with Crippen molar-refractivity contribution in [2.75, 3.05) is 6.61 Å². The third kappa shape index (κ3) is 2.75. The van der Waals surface area contributed by atoms with Gasteiger partial charge in [0.25, 0.3) is 0 Å². The second-order valence-electron chi connectivity index (χ2n) is 4.85. The fourth-order valence-electron chi connectivity index (χ4n) is 2.39. The first-order valence-electron chi connectivity index (χ1n) is 6.46. The van der Waals surface area contributed by atoms with Gasteiger partial charge in [-0.1, -0.05) is 18.2 Å². The molecule has 0 radical (unpaired) electrons. The van der Waals surface area contributed by atoms with E-state index in [0.29, 0.717) is 18.0 Å². The Bertz CT molecular complexity index is 654. The van der Waals surface area contributed by atoms with E-state index in [1.54, 1.807) is 0 Å². The molecular weight excluding hydrogens is 301 g/mol. The van der Waals surface area contributed by atoms with Gasteiger partial charge in [0.15, 0.2) is 5.69 Å². The summed E-state index contributed by atoms with van der Waals surface area (Å²) in [5.74, 6) is 0.631. The number of ether oxygens (including phenoxy) is 1. The monoisotopic (exact) mass is 314 g/mol. The molecule has 2 N–H and O–H groups in total. The second kappa shape index (κ2) is 5.31. The van der Waals surface area contributed by atoms with Gasteiger partial charge in [-0.25, -0.2) is 4.98 Å². The highest BCUT2D eigenvalue weighted by atomic mass is 32.1. The summed E-state index contributed by atoms with van der Waals surface area (Å²) in [5, 5.41) is 0.442. The summed E-state index contributed by atoms with van der Waals surface area (Å²) in [6.45, 7) is 0.183. The average molecular weight is 314 g/mol. The van der Waals surface area contributed by atoms with Crippen molar-refractivity contribution in [1.82, 2.24) is 4.98 Å². The van der Waals surface area contributed by atoms with Crippen molar-refractivity contribution in [2.45, 2.75) is 25.1 Å². The predicted octanol–water partition coefficient (Wildman–Crippen LogP) is 3.34. The molecule has 0 saturated carbocycles. The Hall–Kier alpha value is -1.60. The van der Waals surface area contributed by atoms with Crippen LogP contribution in [0.1, 0.15) is 27.1 Å². The number of hydrogen-bond acceptors (Lipinski definition) is 4. The Balaban J connectivity index is 1.91. The Kier molecular flexibility index (Phi) is 3.62. The molecule has 7 heteroatoms. The van der Waals surface area contributed by atoms with Crippen LogP contribution in [0.25, 0.3) is 0 Å². The van der Waals surface area contributed by atoms with Crippen molar-refractivity contribution in [2.24, 2.45) is 5.73 Å².